The molecule has 1 unspecified atom stereocenters. The van der Waals surface area contributed by atoms with Gasteiger partial charge in [0.2, 0.25) is 0 Å². The zero-order chi connectivity index (χ0) is 15.7. The lowest BCUT2D eigenvalue weighted by molar-refractivity contribution is 0.206. The van der Waals surface area contributed by atoms with E-state index in [1.54, 1.807) is 0 Å². The van der Waals surface area contributed by atoms with Crippen molar-refractivity contribution in [3.63, 3.8) is 0 Å². The summed E-state index contributed by atoms with van der Waals surface area (Å²) in [5.74, 6) is 1.67. The molecular formula is C17H34N4. The number of nitrogens with one attached hydrogen (secondary N) is 2. The largest absolute Gasteiger partial charge is 0.357 e. The number of rotatable bonds is 8. The maximum atomic E-state index is 4.84. The van der Waals surface area contributed by atoms with Crippen molar-refractivity contribution < 1.29 is 0 Å². The highest BCUT2D eigenvalue weighted by Gasteiger charge is 2.20. The third kappa shape index (κ3) is 6.08. The molecule has 1 atom stereocenters. The first-order chi connectivity index (χ1) is 10.1. The standard InChI is InChI=1S/C17H34N4/c1-6-14(7-2)16(21(4)5)13-19-17(18-8-3)20-15-11-9-10-12-15/h9-10,14-16H,6-8,11-13H2,1-5H3,(H2,18,19,20). The molecule has 0 aliphatic heterocycles. The van der Waals surface area contributed by atoms with Crippen LogP contribution in [0.3, 0.4) is 0 Å². The Morgan fingerprint density at radius 2 is 1.81 bits per heavy atom. The first kappa shape index (κ1) is 18.0. The maximum absolute atomic E-state index is 4.84. The molecule has 1 aliphatic carbocycles. The summed E-state index contributed by atoms with van der Waals surface area (Å²) in [6.45, 7) is 8.44. The van der Waals surface area contributed by atoms with Gasteiger partial charge in [0.15, 0.2) is 5.96 Å². The Hall–Kier alpha value is -1.03. The second-order valence-corrected chi connectivity index (χ2v) is 6.11. The quantitative estimate of drug-likeness (QED) is 0.411. The van der Waals surface area contributed by atoms with Crippen LogP contribution in [0.25, 0.3) is 0 Å². The van der Waals surface area contributed by atoms with E-state index < -0.39 is 0 Å². The van der Waals surface area contributed by atoms with Gasteiger partial charge in [0, 0.05) is 18.6 Å². The summed E-state index contributed by atoms with van der Waals surface area (Å²) >= 11 is 0. The van der Waals surface area contributed by atoms with E-state index in [0.717, 1.165) is 31.9 Å². The van der Waals surface area contributed by atoms with E-state index in [0.29, 0.717) is 18.0 Å². The molecule has 122 valence electrons. The fourth-order valence-electron chi connectivity index (χ4n) is 3.00. The molecule has 0 radical (unpaired) electrons. The molecule has 0 amide bonds. The SMILES string of the molecule is CCNC(=NCC(C(CC)CC)N(C)C)NC1CC=CC1. The molecule has 4 nitrogen and oxygen atoms in total. The van der Waals surface area contributed by atoms with Crippen molar-refractivity contribution in [2.24, 2.45) is 10.9 Å². The monoisotopic (exact) mass is 294 g/mol. The van der Waals surface area contributed by atoms with Crippen LogP contribution in [0.2, 0.25) is 0 Å². The summed E-state index contributed by atoms with van der Waals surface area (Å²) < 4.78 is 0. The van der Waals surface area contributed by atoms with Crippen LogP contribution < -0.4 is 10.6 Å². The van der Waals surface area contributed by atoms with Crippen molar-refractivity contribution in [3.8, 4) is 0 Å². The highest BCUT2D eigenvalue weighted by Crippen LogP contribution is 2.17. The van der Waals surface area contributed by atoms with Crippen LogP contribution in [0.15, 0.2) is 17.1 Å². The molecule has 1 aliphatic rings. The van der Waals surface area contributed by atoms with Crippen LogP contribution in [0.5, 0.6) is 0 Å². The molecule has 2 N–H and O–H groups in total. The molecular weight excluding hydrogens is 260 g/mol. The van der Waals surface area contributed by atoms with Crippen LogP contribution in [-0.2, 0) is 0 Å². The van der Waals surface area contributed by atoms with Crippen LogP contribution in [0.4, 0.5) is 0 Å². The normalized spacial score (nSPS) is 17.8. The molecule has 1 rings (SSSR count). The minimum absolute atomic E-state index is 0.508. The highest BCUT2D eigenvalue weighted by atomic mass is 15.2. The van der Waals surface area contributed by atoms with E-state index in [9.17, 15) is 0 Å². The molecule has 0 fully saturated rings. The van der Waals surface area contributed by atoms with Gasteiger partial charge in [-0.1, -0.05) is 38.8 Å². The minimum atomic E-state index is 0.508. The number of guanidine groups is 1. The molecule has 0 bridgehead atoms. The third-order valence-electron chi connectivity index (χ3n) is 4.39. The van der Waals surface area contributed by atoms with Gasteiger partial charge in [-0.3, -0.25) is 4.99 Å². The summed E-state index contributed by atoms with van der Waals surface area (Å²) in [7, 11) is 4.33. The Morgan fingerprint density at radius 1 is 1.19 bits per heavy atom. The molecule has 0 aromatic heterocycles. The summed E-state index contributed by atoms with van der Waals surface area (Å²) in [6, 6.07) is 1.02. The summed E-state index contributed by atoms with van der Waals surface area (Å²) in [6.07, 6.45) is 9.13. The van der Waals surface area contributed by atoms with Gasteiger partial charge in [-0.05, 0) is 39.8 Å². The average Bonchev–Trinajstić information content (AvgIpc) is 2.96. The lowest BCUT2D eigenvalue weighted by Crippen LogP contribution is -2.44. The Labute approximate surface area is 131 Å². The van der Waals surface area contributed by atoms with Gasteiger partial charge in [-0.15, -0.1) is 0 Å². The maximum Gasteiger partial charge on any atom is 0.191 e. The molecule has 21 heavy (non-hydrogen) atoms. The predicted molar refractivity (Wildman–Crippen MR) is 92.8 cm³/mol. The van der Waals surface area contributed by atoms with E-state index in [1.807, 2.05) is 0 Å². The lowest BCUT2D eigenvalue weighted by Gasteiger charge is -2.30. The van der Waals surface area contributed by atoms with Crippen LogP contribution in [-0.4, -0.2) is 50.1 Å². The molecule has 0 saturated heterocycles. The zero-order valence-corrected chi connectivity index (χ0v) is 14.5. The van der Waals surface area contributed by atoms with Gasteiger partial charge >= 0.3 is 0 Å². The molecule has 4 heteroatoms. The zero-order valence-electron chi connectivity index (χ0n) is 14.5. The molecule has 0 aromatic rings. The van der Waals surface area contributed by atoms with Crippen molar-refractivity contribution in [1.82, 2.24) is 15.5 Å². The van der Waals surface area contributed by atoms with E-state index in [2.05, 4.69) is 62.6 Å². The van der Waals surface area contributed by atoms with Crippen molar-refractivity contribution in [3.05, 3.63) is 12.2 Å². The summed E-state index contributed by atoms with van der Waals surface area (Å²) in [5.41, 5.74) is 0. The highest BCUT2D eigenvalue weighted by molar-refractivity contribution is 5.80. The molecule has 0 aromatic carbocycles. The van der Waals surface area contributed by atoms with Crippen LogP contribution in [0, 0.1) is 5.92 Å². The molecule has 0 heterocycles. The fraction of sp³-hybridized carbons (Fsp3) is 0.824. The van der Waals surface area contributed by atoms with E-state index >= 15 is 0 Å². The summed E-state index contributed by atoms with van der Waals surface area (Å²) in [5, 5.41) is 6.92. The third-order valence-corrected chi connectivity index (χ3v) is 4.39. The lowest BCUT2D eigenvalue weighted by atomic mass is 9.93. The number of likely N-dealkylation sites (N-methyl/N-ethyl adjacent to an activating group) is 1. The molecule has 0 saturated carbocycles. The number of nitrogens with zero attached hydrogens (tertiary/aromatic N) is 2. The first-order valence-corrected chi connectivity index (χ1v) is 8.48. The van der Waals surface area contributed by atoms with Gasteiger partial charge in [-0.25, -0.2) is 0 Å². The van der Waals surface area contributed by atoms with E-state index in [-0.39, 0.29) is 0 Å². The van der Waals surface area contributed by atoms with Crippen molar-refractivity contribution >= 4 is 5.96 Å². The first-order valence-electron chi connectivity index (χ1n) is 8.48. The fourth-order valence-corrected chi connectivity index (χ4v) is 3.00. The van der Waals surface area contributed by atoms with E-state index in [1.165, 1.54) is 12.8 Å². The van der Waals surface area contributed by atoms with Gasteiger partial charge in [-0.2, -0.15) is 0 Å². The van der Waals surface area contributed by atoms with Crippen molar-refractivity contribution in [2.45, 2.75) is 58.5 Å². The smallest absolute Gasteiger partial charge is 0.191 e. The number of hydrogen-bond acceptors (Lipinski definition) is 2. The van der Waals surface area contributed by atoms with Gasteiger partial charge in [0.05, 0.1) is 6.54 Å². The minimum Gasteiger partial charge on any atom is -0.357 e. The summed E-state index contributed by atoms with van der Waals surface area (Å²) in [4.78, 5) is 7.16. The van der Waals surface area contributed by atoms with Gasteiger partial charge < -0.3 is 15.5 Å². The second kappa shape index (κ2) is 9.82. The Kier molecular flexibility index (Phi) is 8.43. The Balaban J connectivity index is 2.64. The average molecular weight is 294 g/mol. The predicted octanol–water partition coefficient (Wildman–Crippen LogP) is 2.63. The topological polar surface area (TPSA) is 39.7 Å². The van der Waals surface area contributed by atoms with Gasteiger partial charge in [0.1, 0.15) is 0 Å². The Bertz CT molecular complexity index is 324. The molecule has 0 spiro atoms. The second-order valence-electron chi connectivity index (χ2n) is 6.11. The van der Waals surface area contributed by atoms with Crippen molar-refractivity contribution in [1.29, 1.82) is 0 Å². The van der Waals surface area contributed by atoms with Crippen LogP contribution >= 0.6 is 0 Å². The van der Waals surface area contributed by atoms with Crippen LogP contribution in [0.1, 0.15) is 46.5 Å². The number of aliphatic imine (C=N–C) groups is 1. The Morgan fingerprint density at radius 3 is 2.29 bits per heavy atom. The van der Waals surface area contributed by atoms with Gasteiger partial charge in [0.25, 0.3) is 0 Å². The van der Waals surface area contributed by atoms with E-state index in [4.69, 9.17) is 4.99 Å². The van der Waals surface area contributed by atoms with Crippen molar-refractivity contribution in [2.75, 3.05) is 27.2 Å². The number of hydrogen-bond donors (Lipinski definition) is 2.